The minimum Gasteiger partial charge on any atom is -0.495 e. The molecule has 198 valence electrons. The topological polar surface area (TPSA) is 68.2 Å². The molecule has 8 heteroatoms. The smallest absolute Gasteiger partial charge is 0.211 e. The Bertz CT molecular complexity index is 1080. The molecule has 0 radical (unpaired) electrons. The van der Waals surface area contributed by atoms with Gasteiger partial charge in [-0.25, -0.2) is 8.42 Å². The van der Waals surface area contributed by atoms with Gasteiger partial charge < -0.3 is 13.8 Å². The van der Waals surface area contributed by atoms with Crippen molar-refractivity contribution in [2.75, 3.05) is 52.9 Å². The molecule has 1 aromatic rings. The van der Waals surface area contributed by atoms with Gasteiger partial charge in [0.2, 0.25) is 9.84 Å². The van der Waals surface area contributed by atoms with E-state index in [1.165, 1.54) is 13.3 Å². The summed E-state index contributed by atoms with van der Waals surface area (Å²) in [5, 5.41) is 0. The van der Waals surface area contributed by atoms with Crippen molar-refractivity contribution in [2.45, 2.75) is 57.1 Å². The van der Waals surface area contributed by atoms with E-state index in [9.17, 15) is 8.42 Å². The molecule has 0 unspecified atom stereocenters. The first-order valence-electron chi connectivity index (χ1n) is 12.1. The highest BCUT2D eigenvalue weighted by atomic mass is 32.3. The van der Waals surface area contributed by atoms with Crippen molar-refractivity contribution in [3.8, 4) is 5.75 Å². The normalized spacial score (nSPS) is 15.6. The molecule has 1 aliphatic rings. The maximum atomic E-state index is 13.7. The monoisotopic (exact) mass is 524 g/mol. The van der Waals surface area contributed by atoms with E-state index in [1.54, 1.807) is 12.1 Å². The van der Waals surface area contributed by atoms with E-state index in [4.69, 9.17) is 8.92 Å². The second-order valence-corrected chi connectivity index (χ2v) is 16.3. The Morgan fingerprint density at radius 1 is 1.11 bits per heavy atom. The van der Waals surface area contributed by atoms with Crippen molar-refractivity contribution >= 4 is 26.4 Å². The van der Waals surface area contributed by atoms with Crippen LogP contribution >= 0.6 is 10.3 Å². The summed E-state index contributed by atoms with van der Waals surface area (Å²) in [6.45, 7) is 13.4. The van der Waals surface area contributed by atoms with Crippen molar-refractivity contribution in [1.82, 2.24) is 4.90 Å². The van der Waals surface area contributed by atoms with Crippen molar-refractivity contribution in [2.24, 2.45) is 4.99 Å². The lowest BCUT2D eigenvalue weighted by Crippen LogP contribution is -2.25. The van der Waals surface area contributed by atoms with Gasteiger partial charge in [0.25, 0.3) is 0 Å². The van der Waals surface area contributed by atoms with Crippen LogP contribution in [0.4, 0.5) is 0 Å². The highest BCUT2D eigenvalue weighted by molar-refractivity contribution is 8.29. The molecule has 0 bridgehead atoms. The Morgan fingerprint density at radius 3 is 2.40 bits per heavy atom. The van der Waals surface area contributed by atoms with E-state index in [0.717, 1.165) is 42.6 Å². The average Bonchev–Trinajstić information content (AvgIpc) is 3.02. The number of hydrogen-bond donors (Lipinski definition) is 0. The highest BCUT2D eigenvalue weighted by Gasteiger charge is 2.29. The van der Waals surface area contributed by atoms with Crippen LogP contribution < -0.4 is 4.74 Å². The van der Waals surface area contributed by atoms with Crippen LogP contribution in [0.25, 0.3) is 0 Å². The zero-order valence-electron chi connectivity index (χ0n) is 23.0. The molecule has 35 heavy (non-hydrogen) atoms. The molecule has 0 fully saturated rings. The number of likely N-dealkylation sites (N-methyl/N-ethyl adjacent to an activating group) is 1. The third kappa shape index (κ3) is 7.68. The van der Waals surface area contributed by atoms with Crippen LogP contribution in [-0.4, -0.2) is 77.2 Å². The van der Waals surface area contributed by atoms with Crippen LogP contribution in [0.15, 0.2) is 44.7 Å². The largest absolute Gasteiger partial charge is 0.495 e. The Morgan fingerprint density at radius 2 is 1.80 bits per heavy atom. The van der Waals surface area contributed by atoms with Crippen molar-refractivity contribution in [3.63, 3.8) is 0 Å². The fraction of sp³-hybridized carbons (Fsp3) is 0.593. The summed E-state index contributed by atoms with van der Waals surface area (Å²) in [5.74, 6) is 0.356. The van der Waals surface area contributed by atoms with E-state index in [0.29, 0.717) is 18.9 Å². The van der Waals surface area contributed by atoms with Gasteiger partial charge >= 0.3 is 0 Å². The standard InChI is InChI=1S/C27H44N2O4S2/c1-10-14-29(6)15-13-23-17-26(25(32-7)16-21(23)2)35(30,31)24-12-11-22(18-28-19-24)20-33-34(8,9)27(3,4)5/h11-12,16-17,19H,10,13-15,18,20H2,1-9H3. The predicted octanol–water partition coefficient (Wildman–Crippen LogP) is 5.35. The summed E-state index contributed by atoms with van der Waals surface area (Å²) in [6.07, 6.45) is 11.1. The van der Waals surface area contributed by atoms with E-state index >= 15 is 0 Å². The first-order chi connectivity index (χ1) is 16.2. The van der Waals surface area contributed by atoms with Crippen LogP contribution in [0, 0.1) is 6.92 Å². The van der Waals surface area contributed by atoms with Crippen LogP contribution in [0.1, 0.15) is 45.2 Å². The van der Waals surface area contributed by atoms with Gasteiger partial charge in [0.1, 0.15) is 10.6 Å². The van der Waals surface area contributed by atoms with Crippen molar-refractivity contribution < 1.29 is 17.3 Å². The van der Waals surface area contributed by atoms with E-state index in [1.807, 2.05) is 19.1 Å². The van der Waals surface area contributed by atoms with Gasteiger partial charge in [0.05, 0.1) is 25.2 Å². The van der Waals surface area contributed by atoms with Crippen LogP contribution in [-0.2, 0) is 20.4 Å². The lowest BCUT2D eigenvalue weighted by atomic mass is 10.1. The summed E-state index contributed by atoms with van der Waals surface area (Å²) in [7, 11) is -1.50. The molecule has 0 spiro atoms. The molecule has 0 aromatic heterocycles. The summed E-state index contributed by atoms with van der Waals surface area (Å²) >= 11 is 0. The lowest BCUT2D eigenvalue weighted by molar-refractivity contribution is 0.338. The molecule has 0 N–H and O–H groups in total. The number of benzene rings is 1. The van der Waals surface area contributed by atoms with Crippen molar-refractivity contribution in [3.05, 3.63) is 45.9 Å². The minimum atomic E-state index is -3.81. The molecule has 2 rings (SSSR count). The first-order valence-corrected chi connectivity index (χ1v) is 16.0. The fourth-order valence-electron chi connectivity index (χ4n) is 3.48. The summed E-state index contributed by atoms with van der Waals surface area (Å²) in [6, 6.07) is 3.59. The number of sulfone groups is 1. The van der Waals surface area contributed by atoms with E-state index in [-0.39, 0.29) is 14.5 Å². The van der Waals surface area contributed by atoms with Gasteiger partial charge in [-0.15, -0.1) is 10.3 Å². The number of aryl methyl sites for hydroxylation is 1. The summed E-state index contributed by atoms with van der Waals surface area (Å²) in [4.78, 5) is 7.01. The third-order valence-corrected chi connectivity index (χ3v) is 12.0. The average molecular weight is 525 g/mol. The minimum absolute atomic E-state index is 0.0525. The number of allylic oxidation sites excluding steroid dienone is 3. The van der Waals surface area contributed by atoms with Gasteiger partial charge in [-0.05, 0) is 80.8 Å². The summed E-state index contributed by atoms with van der Waals surface area (Å²) < 4.78 is 39.1. The van der Waals surface area contributed by atoms with E-state index < -0.39 is 20.1 Å². The number of aliphatic imine (C=N–C) groups is 1. The second-order valence-electron chi connectivity index (χ2n) is 10.5. The molecular formula is C27H44N2O4S2. The molecule has 0 saturated heterocycles. The molecule has 0 amide bonds. The third-order valence-electron chi connectivity index (χ3n) is 6.60. The molecule has 1 heterocycles. The number of ether oxygens (including phenoxy) is 1. The quantitative estimate of drug-likeness (QED) is 0.390. The van der Waals surface area contributed by atoms with Gasteiger partial charge in [0, 0.05) is 17.5 Å². The Balaban J connectivity index is 2.34. The van der Waals surface area contributed by atoms with Crippen LogP contribution in [0.5, 0.6) is 5.75 Å². The van der Waals surface area contributed by atoms with Crippen LogP contribution in [0.2, 0.25) is 0 Å². The molecule has 1 aromatic carbocycles. The Hall–Kier alpha value is -1.61. The molecular weight excluding hydrogens is 480 g/mol. The van der Waals surface area contributed by atoms with Gasteiger partial charge in [-0.2, -0.15) is 0 Å². The number of nitrogens with zero attached hydrogens (tertiary/aromatic N) is 2. The molecule has 0 saturated carbocycles. The van der Waals surface area contributed by atoms with Gasteiger partial charge in [0.15, 0.2) is 0 Å². The first kappa shape index (κ1) is 29.6. The summed E-state index contributed by atoms with van der Waals surface area (Å²) in [5.41, 5.74) is 2.99. The second kappa shape index (κ2) is 12.1. The molecule has 6 nitrogen and oxygen atoms in total. The van der Waals surface area contributed by atoms with Crippen molar-refractivity contribution in [1.29, 1.82) is 0 Å². The molecule has 1 aliphatic heterocycles. The van der Waals surface area contributed by atoms with Gasteiger partial charge in [-0.1, -0.05) is 33.8 Å². The van der Waals surface area contributed by atoms with Gasteiger partial charge in [-0.3, -0.25) is 4.99 Å². The lowest BCUT2D eigenvalue weighted by Gasteiger charge is -2.43. The number of hydrogen-bond acceptors (Lipinski definition) is 6. The van der Waals surface area contributed by atoms with Crippen LogP contribution in [0.3, 0.4) is 0 Å². The zero-order chi connectivity index (χ0) is 26.4. The highest BCUT2D eigenvalue weighted by Crippen LogP contribution is 2.53. The Kier molecular flexibility index (Phi) is 10.2. The fourth-order valence-corrected chi connectivity index (χ4v) is 5.69. The maximum absolute atomic E-state index is 13.7. The predicted molar refractivity (Wildman–Crippen MR) is 151 cm³/mol. The molecule has 0 atom stereocenters. The van der Waals surface area contributed by atoms with E-state index in [2.05, 4.69) is 57.1 Å². The number of methoxy groups -OCH3 is 1. The SMILES string of the molecule is CCCN(C)CCc1cc(S(=O)(=O)C2=CC=C(COS(C)(C)C(C)(C)C)CN=C2)c(OC)cc1C. The Labute approximate surface area is 214 Å². The maximum Gasteiger partial charge on any atom is 0.211 e. The zero-order valence-corrected chi connectivity index (χ0v) is 24.6. The molecule has 0 aliphatic carbocycles. The number of rotatable bonds is 11.